The van der Waals surface area contributed by atoms with Crippen LogP contribution in [0.1, 0.15) is 57.6 Å². The van der Waals surface area contributed by atoms with Crippen LogP contribution in [-0.4, -0.2) is 36.7 Å². The molecule has 194 valence electrons. The second-order valence-corrected chi connectivity index (χ2v) is 17.1. The fourth-order valence-electron chi connectivity index (χ4n) is 4.44. The van der Waals surface area contributed by atoms with Crippen LogP contribution in [0.5, 0.6) is 5.75 Å². The Morgan fingerprint density at radius 2 is 1.78 bits per heavy atom. The Morgan fingerprint density at radius 1 is 1.06 bits per heavy atom. The quantitative estimate of drug-likeness (QED) is 0.300. The summed E-state index contributed by atoms with van der Waals surface area (Å²) in [5, 5.41) is 4.62. The Balaban J connectivity index is 1.48. The van der Waals surface area contributed by atoms with E-state index in [1.165, 1.54) is 5.56 Å². The predicted octanol–water partition coefficient (Wildman–Crippen LogP) is 8.26. The van der Waals surface area contributed by atoms with Crippen molar-refractivity contribution in [1.82, 2.24) is 9.97 Å². The number of nitrogens with one attached hydrogen (secondary N) is 1. The van der Waals surface area contributed by atoms with Gasteiger partial charge in [0.1, 0.15) is 11.3 Å². The van der Waals surface area contributed by atoms with Gasteiger partial charge in [0.15, 0.2) is 8.32 Å². The van der Waals surface area contributed by atoms with Crippen molar-refractivity contribution in [3.8, 4) is 5.75 Å². The molecule has 1 heterocycles. The standard InChI is InChI=1S/C29H41N3O2SSi/c1-20-11-12-22-18-30-28(31-23-10-8-9-21(17-23)19-35-5)32-26(22)27(20)33-24-13-15-25(16-14-24)34-36(6,7)29(2,3)4/h8-12,17-18,24-25H,13-16,19H2,1-7H3,(H,30,31,32)/t24-,25+. The number of fused-ring (bicyclic) bond motifs is 1. The number of anilines is 2. The van der Waals surface area contributed by atoms with Gasteiger partial charge in [0, 0.05) is 29.1 Å². The molecule has 1 N–H and O–H groups in total. The van der Waals surface area contributed by atoms with Crippen LogP contribution in [0.3, 0.4) is 0 Å². The molecule has 1 aliphatic carbocycles. The third-order valence-corrected chi connectivity index (χ3v) is 12.7. The van der Waals surface area contributed by atoms with Crippen molar-refractivity contribution in [1.29, 1.82) is 0 Å². The van der Waals surface area contributed by atoms with Crippen LogP contribution in [0.4, 0.5) is 11.6 Å². The number of ether oxygens (including phenoxy) is 1. The highest BCUT2D eigenvalue weighted by Gasteiger charge is 2.40. The molecule has 1 aromatic heterocycles. The molecule has 7 heteroatoms. The number of aryl methyl sites for hydroxylation is 1. The predicted molar refractivity (Wildman–Crippen MR) is 156 cm³/mol. The minimum atomic E-state index is -1.75. The van der Waals surface area contributed by atoms with Crippen LogP contribution in [0.25, 0.3) is 10.9 Å². The highest BCUT2D eigenvalue weighted by atomic mass is 32.2. The zero-order valence-electron chi connectivity index (χ0n) is 22.9. The van der Waals surface area contributed by atoms with E-state index in [9.17, 15) is 0 Å². The summed E-state index contributed by atoms with van der Waals surface area (Å²) in [6.45, 7) is 13.7. The van der Waals surface area contributed by atoms with Gasteiger partial charge in [0.2, 0.25) is 5.95 Å². The Hall–Kier alpha value is -2.09. The highest BCUT2D eigenvalue weighted by Crippen LogP contribution is 2.40. The van der Waals surface area contributed by atoms with E-state index in [1.54, 1.807) is 0 Å². The van der Waals surface area contributed by atoms with Crippen molar-refractivity contribution in [2.45, 2.75) is 89.5 Å². The minimum Gasteiger partial charge on any atom is -0.488 e. The second kappa shape index (κ2) is 11.1. The molecule has 0 amide bonds. The van der Waals surface area contributed by atoms with Gasteiger partial charge < -0.3 is 14.5 Å². The number of hydrogen-bond donors (Lipinski definition) is 1. The van der Waals surface area contributed by atoms with Gasteiger partial charge in [0.05, 0.1) is 6.10 Å². The van der Waals surface area contributed by atoms with Gasteiger partial charge >= 0.3 is 0 Å². The van der Waals surface area contributed by atoms with Crippen LogP contribution >= 0.6 is 11.8 Å². The third kappa shape index (κ3) is 6.42. The summed E-state index contributed by atoms with van der Waals surface area (Å²) < 4.78 is 13.3. The molecule has 0 saturated heterocycles. The maximum Gasteiger partial charge on any atom is 0.227 e. The molecular formula is C29H41N3O2SSi. The summed E-state index contributed by atoms with van der Waals surface area (Å²) in [5.74, 6) is 2.45. The van der Waals surface area contributed by atoms with Crippen molar-refractivity contribution >= 4 is 42.6 Å². The van der Waals surface area contributed by atoms with Crippen molar-refractivity contribution in [2.75, 3.05) is 11.6 Å². The molecule has 0 aliphatic heterocycles. The average Bonchev–Trinajstić information content (AvgIpc) is 2.82. The Morgan fingerprint density at radius 3 is 2.47 bits per heavy atom. The number of hydrogen-bond acceptors (Lipinski definition) is 6. The summed E-state index contributed by atoms with van der Waals surface area (Å²) in [5.41, 5.74) is 4.25. The number of rotatable bonds is 8. The van der Waals surface area contributed by atoms with Crippen LogP contribution < -0.4 is 10.1 Å². The van der Waals surface area contributed by atoms with Crippen molar-refractivity contribution < 1.29 is 9.16 Å². The Kier molecular flexibility index (Phi) is 8.32. The Bertz CT molecular complexity index is 1190. The van der Waals surface area contributed by atoms with Gasteiger partial charge in [0.25, 0.3) is 0 Å². The maximum atomic E-state index is 6.68. The van der Waals surface area contributed by atoms with Crippen LogP contribution in [0, 0.1) is 6.92 Å². The SMILES string of the molecule is CSCc1cccc(Nc2ncc3ccc(C)c(O[C@H]4CC[C@@H](O[Si](C)(C)C(C)(C)C)CC4)c3n2)c1. The van der Waals surface area contributed by atoms with E-state index in [0.717, 1.165) is 59.3 Å². The Labute approximate surface area is 221 Å². The van der Waals surface area contributed by atoms with Crippen LogP contribution in [0.15, 0.2) is 42.6 Å². The fraction of sp³-hybridized carbons (Fsp3) is 0.517. The molecule has 0 unspecified atom stereocenters. The molecule has 1 aliphatic rings. The second-order valence-electron chi connectivity index (χ2n) is 11.5. The normalized spacial score (nSPS) is 18.9. The molecule has 1 saturated carbocycles. The van der Waals surface area contributed by atoms with E-state index >= 15 is 0 Å². The van der Waals surface area contributed by atoms with Crippen molar-refractivity contribution in [3.05, 3.63) is 53.7 Å². The zero-order chi connectivity index (χ0) is 25.9. The number of benzene rings is 2. The monoisotopic (exact) mass is 523 g/mol. The molecular weight excluding hydrogens is 482 g/mol. The molecule has 0 bridgehead atoms. The van der Waals surface area contributed by atoms with Gasteiger partial charge in [-0.25, -0.2) is 9.97 Å². The first-order chi connectivity index (χ1) is 17.1. The fourth-order valence-corrected chi connectivity index (χ4v) is 6.38. The maximum absolute atomic E-state index is 6.68. The number of aromatic nitrogens is 2. The highest BCUT2D eigenvalue weighted by molar-refractivity contribution is 7.97. The van der Waals surface area contributed by atoms with Crippen LogP contribution in [-0.2, 0) is 10.2 Å². The molecule has 0 radical (unpaired) electrons. The van der Waals surface area contributed by atoms with Crippen LogP contribution in [0.2, 0.25) is 18.1 Å². The molecule has 5 nitrogen and oxygen atoms in total. The van der Waals surface area contributed by atoms with Crippen molar-refractivity contribution in [3.63, 3.8) is 0 Å². The summed E-state index contributed by atoms with van der Waals surface area (Å²) >= 11 is 1.81. The van der Waals surface area contributed by atoms with E-state index in [4.69, 9.17) is 14.1 Å². The topological polar surface area (TPSA) is 56.3 Å². The summed E-state index contributed by atoms with van der Waals surface area (Å²) in [7, 11) is -1.75. The molecule has 1 fully saturated rings. The lowest BCUT2D eigenvalue weighted by atomic mass is 9.95. The minimum absolute atomic E-state index is 0.183. The van der Waals surface area contributed by atoms with E-state index < -0.39 is 8.32 Å². The van der Waals surface area contributed by atoms with Gasteiger partial charge in [-0.1, -0.05) is 45.0 Å². The lowest BCUT2D eigenvalue weighted by molar-refractivity contribution is 0.0729. The molecule has 36 heavy (non-hydrogen) atoms. The zero-order valence-corrected chi connectivity index (χ0v) is 24.7. The number of thioether (sulfide) groups is 1. The van der Waals surface area contributed by atoms with E-state index in [-0.39, 0.29) is 11.1 Å². The lowest BCUT2D eigenvalue weighted by Gasteiger charge is -2.41. The van der Waals surface area contributed by atoms with Gasteiger partial charge in [-0.3, -0.25) is 0 Å². The molecule has 0 atom stereocenters. The smallest absolute Gasteiger partial charge is 0.227 e. The summed E-state index contributed by atoms with van der Waals surface area (Å²) in [6.07, 6.45) is 8.64. The lowest BCUT2D eigenvalue weighted by Crippen LogP contribution is -2.45. The first-order valence-corrected chi connectivity index (χ1v) is 17.3. The molecule has 2 aromatic carbocycles. The van der Waals surface area contributed by atoms with E-state index in [1.807, 2.05) is 18.0 Å². The number of nitrogens with zero attached hydrogens (tertiary/aromatic N) is 2. The summed E-state index contributed by atoms with van der Waals surface area (Å²) in [4.78, 5) is 9.45. The first kappa shape index (κ1) is 27.0. The third-order valence-electron chi connectivity index (χ3n) is 7.57. The van der Waals surface area contributed by atoms with E-state index in [0.29, 0.717) is 12.1 Å². The van der Waals surface area contributed by atoms with Gasteiger partial charge in [-0.05, 0) is 80.3 Å². The molecule has 0 spiro atoms. The summed E-state index contributed by atoms with van der Waals surface area (Å²) in [6, 6.07) is 12.6. The first-order valence-electron chi connectivity index (χ1n) is 13.0. The van der Waals surface area contributed by atoms with Gasteiger partial charge in [-0.15, -0.1) is 0 Å². The average molecular weight is 524 g/mol. The molecule has 4 rings (SSSR count). The van der Waals surface area contributed by atoms with E-state index in [2.05, 4.69) is 93.7 Å². The molecule has 3 aromatic rings. The van der Waals surface area contributed by atoms with Gasteiger partial charge in [-0.2, -0.15) is 11.8 Å². The van der Waals surface area contributed by atoms with Crippen molar-refractivity contribution in [2.24, 2.45) is 0 Å². The largest absolute Gasteiger partial charge is 0.488 e.